The summed E-state index contributed by atoms with van der Waals surface area (Å²) in [6.07, 6.45) is 6.26. The third kappa shape index (κ3) is 3.70. The molecule has 0 aromatic carbocycles. The van der Waals surface area contributed by atoms with Gasteiger partial charge >= 0.3 is 5.97 Å². The molecule has 3 nitrogen and oxygen atoms in total. The second kappa shape index (κ2) is 6.39. The molecule has 17 heavy (non-hydrogen) atoms. The summed E-state index contributed by atoms with van der Waals surface area (Å²) in [6.45, 7) is 6.84. The van der Waals surface area contributed by atoms with E-state index in [0.29, 0.717) is 12.5 Å². The Kier molecular flexibility index (Phi) is 5.44. The van der Waals surface area contributed by atoms with Crippen molar-refractivity contribution in [3.05, 3.63) is 0 Å². The van der Waals surface area contributed by atoms with Crippen molar-refractivity contribution in [2.24, 2.45) is 17.6 Å². The number of rotatable bonds is 5. The molecule has 0 radical (unpaired) electrons. The fraction of sp³-hybridized carbons (Fsp3) is 0.929. The lowest BCUT2D eigenvalue weighted by Gasteiger charge is -2.37. The van der Waals surface area contributed by atoms with Crippen LogP contribution in [0.15, 0.2) is 0 Å². The number of ether oxygens (including phenoxy) is 1. The number of carbonyl (C=O) groups excluding carboxylic acids is 1. The molecular weight excluding hydrogens is 214 g/mol. The molecule has 0 amide bonds. The fourth-order valence-corrected chi connectivity index (χ4v) is 2.60. The number of carbonyl (C=O) groups is 1. The second-order valence-electron chi connectivity index (χ2n) is 5.68. The van der Waals surface area contributed by atoms with E-state index >= 15 is 0 Å². The zero-order valence-electron chi connectivity index (χ0n) is 11.5. The first-order valence-corrected chi connectivity index (χ1v) is 6.96. The van der Waals surface area contributed by atoms with Gasteiger partial charge < -0.3 is 10.5 Å². The summed E-state index contributed by atoms with van der Waals surface area (Å²) in [5.41, 5.74) is 5.50. The molecule has 3 atom stereocenters. The molecule has 0 saturated heterocycles. The monoisotopic (exact) mass is 241 g/mol. The molecule has 1 aliphatic carbocycles. The third-order valence-corrected chi connectivity index (χ3v) is 4.02. The highest BCUT2D eigenvalue weighted by Gasteiger charge is 2.42. The highest BCUT2D eigenvalue weighted by Crippen LogP contribution is 2.32. The van der Waals surface area contributed by atoms with E-state index < -0.39 is 5.54 Å². The van der Waals surface area contributed by atoms with Gasteiger partial charge in [0, 0.05) is 0 Å². The Balaban J connectivity index is 2.45. The van der Waals surface area contributed by atoms with Gasteiger partial charge in [0.05, 0.1) is 6.61 Å². The third-order valence-electron chi connectivity index (χ3n) is 4.02. The van der Waals surface area contributed by atoms with Crippen LogP contribution in [0.3, 0.4) is 0 Å². The van der Waals surface area contributed by atoms with Crippen molar-refractivity contribution in [3.8, 4) is 0 Å². The van der Waals surface area contributed by atoms with E-state index in [0.717, 1.165) is 32.1 Å². The summed E-state index contributed by atoms with van der Waals surface area (Å²) < 4.78 is 5.41. The van der Waals surface area contributed by atoms with Crippen LogP contribution in [-0.4, -0.2) is 18.1 Å². The average Bonchev–Trinajstić information content (AvgIpc) is 2.30. The highest BCUT2D eigenvalue weighted by molar-refractivity contribution is 5.81. The molecule has 1 aliphatic rings. The predicted octanol–water partition coefficient (Wildman–Crippen LogP) is 2.87. The van der Waals surface area contributed by atoms with Gasteiger partial charge in [-0.3, -0.25) is 4.79 Å². The minimum absolute atomic E-state index is 0.187. The minimum Gasteiger partial charge on any atom is -0.464 e. The number of esters is 1. The Morgan fingerprint density at radius 1 is 1.53 bits per heavy atom. The van der Waals surface area contributed by atoms with Gasteiger partial charge in [0.25, 0.3) is 0 Å². The molecule has 0 aliphatic heterocycles. The van der Waals surface area contributed by atoms with Crippen LogP contribution in [0.4, 0.5) is 0 Å². The minimum atomic E-state index is -0.732. The summed E-state index contributed by atoms with van der Waals surface area (Å²) in [7, 11) is 0. The maximum atomic E-state index is 12.1. The maximum Gasteiger partial charge on any atom is 0.326 e. The number of hydrogen-bond donors (Lipinski definition) is 1. The normalized spacial score (nSPS) is 30.9. The van der Waals surface area contributed by atoms with Gasteiger partial charge in [0.15, 0.2) is 0 Å². The lowest BCUT2D eigenvalue weighted by Crippen LogP contribution is -2.55. The average molecular weight is 241 g/mol. The fourth-order valence-electron chi connectivity index (χ4n) is 2.60. The zero-order valence-corrected chi connectivity index (χ0v) is 11.5. The number of nitrogens with two attached hydrogens (primary N) is 1. The molecule has 0 aromatic rings. The van der Waals surface area contributed by atoms with E-state index in [1.54, 1.807) is 0 Å². The molecule has 1 saturated carbocycles. The molecule has 0 spiro atoms. The Bertz CT molecular complexity index is 255. The summed E-state index contributed by atoms with van der Waals surface area (Å²) in [6, 6.07) is 0. The van der Waals surface area contributed by atoms with E-state index in [4.69, 9.17) is 10.5 Å². The van der Waals surface area contributed by atoms with Crippen LogP contribution in [0, 0.1) is 11.8 Å². The van der Waals surface area contributed by atoms with E-state index in [2.05, 4.69) is 20.8 Å². The van der Waals surface area contributed by atoms with Crippen LogP contribution >= 0.6 is 0 Å². The summed E-state index contributed by atoms with van der Waals surface area (Å²) in [5.74, 6) is 0.490. The quantitative estimate of drug-likeness (QED) is 0.753. The molecule has 1 rings (SSSR count). The van der Waals surface area contributed by atoms with E-state index in [1.807, 2.05) is 0 Å². The SMILES string of the molecule is CCCC(C)COC(=O)C1(N)CCCCC1C. The van der Waals surface area contributed by atoms with Crippen molar-refractivity contribution in [2.45, 2.75) is 64.8 Å². The van der Waals surface area contributed by atoms with Crippen LogP contribution < -0.4 is 5.73 Å². The van der Waals surface area contributed by atoms with Gasteiger partial charge in [0.1, 0.15) is 5.54 Å². The smallest absolute Gasteiger partial charge is 0.326 e. The number of hydrogen-bond acceptors (Lipinski definition) is 3. The second-order valence-corrected chi connectivity index (χ2v) is 5.68. The lowest BCUT2D eigenvalue weighted by atomic mass is 9.74. The van der Waals surface area contributed by atoms with Gasteiger partial charge in [-0.25, -0.2) is 0 Å². The largest absolute Gasteiger partial charge is 0.464 e. The van der Waals surface area contributed by atoms with Crippen molar-refractivity contribution >= 4 is 5.97 Å². The van der Waals surface area contributed by atoms with E-state index in [9.17, 15) is 4.79 Å². The Hall–Kier alpha value is -0.570. The van der Waals surface area contributed by atoms with Crippen LogP contribution in [0.5, 0.6) is 0 Å². The Labute approximate surface area is 105 Å². The molecule has 2 N–H and O–H groups in total. The van der Waals surface area contributed by atoms with Gasteiger partial charge in [0.2, 0.25) is 0 Å². The zero-order chi connectivity index (χ0) is 12.9. The van der Waals surface area contributed by atoms with Crippen LogP contribution in [0.2, 0.25) is 0 Å². The van der Waals surface area contributed by atoms with Gasteiger partial charge in [-0.1, -0.05) is 40.0 Å². The standard InChI is InChI=1S/C14H27NO2/c1-4-7-11(2)10-17-13(16)14(15)9-6-5-8-12(14)3/h11-12H,4-10,15H2,1-3H3. The molecule has 0 bridgehead atoms. The Morgan fingerprint density at radius 3 is 2.82 bits per heavy atom. The van der Waals surface area contributed by atoms with E-state index in [-0.39, 0.29) is 11.9 Å². The first kappa shape index (κ1) is 14.5. The van der Waals surface area contributed by atoms with Crippen LogP contribution in [0.1, 0.15) is 59.3 Å². The topological polar surface area (TPSA) is 52.3 Å². The summed E-state index contributed by atoms with van der Waals surface area (Å²) >= 11 is 0. The van der Waals surface area contributed by atoms with E-state index in [1.165, 1.54) is 6.42 Å². The Morgan fingerprint density at radius 2 is 2.24 bits per heavy atom. The van der Waals surface area contributed by atoms with Gasteiger partial charge in [-0.15, -0.1) is 0 Å². The molecule has 0 aromatic heterocycles. The van der Waals surface area contributed by atoms with Crippen molar-refractivity contribution in [3.63, 3.8) is 0 Å². The van der Waals surface area contributed by atoms with Crippen molar-refractivity contribution in [1.82, 2.24) is 0 Å². The molecule has 1 fully saturated rings. The molecule has 3 heteroatoms. The molecule has 100 valence electrons. The predicted molar refractivity (Wildman–Crippen MR) is 69.6 cm³/mol. The van der Waals surface area contributed by atoms with Crippen molar-refractivity contribution in [1.29, 1.82) is 0 Å². The van der Waals surface area contributed by atoms with Crippen molar-refractivity contribution < 1.29 is 9.53 Å². The highest BCUT2D eigenvalue weighted by atomic mass is 16.5. The van der Waals surface area contributed by atoms with Crippen LogP contribution in [-0.2, 0) is 9.53 Å². The van der Waals surface area contributed by atoms with Gasteiger partial charge in [-0.05, 0) is 31.1 Å². The first-order valence-electron chi connectivity index (χ1n) is 6.96. The lowest BCUT2D eigenvalue weighted by molar-refractivity contribution is -0.155. The van der Waals surface area contributed by atoms with Crippen LogP contribution in [0.25, 0.3) is 0 Å². The summed E-state index contributed by atoms with van der Waals surface area (Å²) in [4.78, 5) is 12.1. The molecule has 0 heterocycles. The molecular formula is C14H27NO2. The maximum absolute atomic E-state index is 12.1. The van der Waals surface area contributed by atoms with Crippen molar-refractivity contribution in [2.75, 3.05) is 6.61 Å². The summed E-state index contributed by atoms with van der Waals surface area (Å²) in [5, 5.41) is 0. The first-order chi connectivity index (χ1) is 8.00. The molecule has 3 unspecified atom stereocenters. The van der Waals surface area contributed by atoms with Gasteiger partial charge in [-0.2, -0.15) is 0 Å².